The molecule has 3 N–H and O–H groups in total. The van der Waals surface area contributed by atoms with Crippen LogP contribution in [0, 0.1) is 0 Å². The Labute approximate surface area is 110 Å². The van der Waals surface area contributed by atoms with Crippen LogP contribution in [-0.2, 0) is 4.74 Å². The van der Waals surface area contributed by atoms with Gasteiger partial charge in [-0.3, -0.25) is 4.98 Å². The molecule has 0 aromatic carbocycles. The van der Waals surface area contributed by atoms with Gasteiger partial charge in [0.2, 0.25) is 0 Å². The van der Waals surface area contributed by atoms with Gasteiger partial charge in [0, 0.05) is 31.1 Å². The minimum atomic E-state index is 0.199. The van der Waals surface area contributed by atoms with Crippen LogP contribution in [0.4, 0.5) is 10.8 Å². The predicted molar refractivity (Wildman–Crippen MR) is 74.7 cm³/mol. The number of hydrogen-bond acceptors (Lipinski definition) is 6. The van der Waals surface area contributed by atoms with E-state index in [9.17, 15) is 0 Å². The average molecular weight is 264 g/mol. The van der Waals surface area contributed by atoms with Crippen LogP contribution in [0.3, 0.4) is 0 Å². The van der Waals surface area contributed by atoms with E-state index in [2.05, 4.69) is 14.7 Å². The fourth-order valence-electron chi connectivity index (χ4n) is 1.71. The van der Waals surface area contributed by atoms with Crippen molar-refractivity contribution in [2.45, 2.75) is 13.0 Å². The van der Waals surface area contributed by atoms with Crippen molar-refractivity contribution in [1.29, 1.82) is 0 Å². The van der Waals surface area contributed by atoms with Gasteiger partial charge in [-0.25, -0.2) is 0 Å². The molecule has 0 fully saturated rings. The third-order valence-corrected chi connectivity index (χ3v) is 3.26. The molecule has 0 radical (unpaired) electrons. The molecular weight excluding hydrogens is 248 g/mol. The number of nitrogens with two attached hydrogens (primary N) is 1. The summed E-state index contributed by atoms with van der Waals surface area (Å²) in [5, 5.41) is 4.30. The third-order valence-electron chi connectivity index (χ3n) is 2.46. The Kier molecular flexibility index (Phi) is 4.11. The predicted octanol–water partition coefficient (Wildman–Crippen LogP) is 2.23. The second-order valence-electron chi connectivity index (χ2n) is 4.01. The van der Waals surface area contributed by atoms with Gasteiger partial charge in [-0.1, -0.05) is 6.07 Å². The molecule has 2 rings (SSSR count). The minimum Gasteiger partial charge on any atom is -0.383 e. The largest absolute Gasteiger partial charge is 0.383 e. The maximum Gasteiger partial charge on any atom is 0.147 e. The molecule has 96 valence electrons. The summed E-state index contributed by atoms with van der Waals surface area (Å²) in [6.07, 6.45) is 3.52. The van der Waals surface area contributed by atoms with Gasteiger partial charge >= 0.3 is 0 Å². The molecule has 0 amide bonds. The second kappa shape index (κ2) is 5.79. The molecular formula is C12H16N4OS. The van der Waals surface area contributed by atoms with Crippen molar-refractivity contribution in [3.05, 3.63) is 24.5 Å². The Morgan fingerprint density at radius 1 is 1.56 bits per heavy atom. The van der Waals surface area contributed by atoms with Crippen LogP contribution in [0.5, 0.6) is 0 Å². The highest BCUT2D eigenvalue weighted by Crippen LogP contribution is 2.36. The summed E-state index contributed by atoms with van der Waals surface area (Å²) in [6, 6.07) is 4.05. The summed E-state index contributed by atoms with van der Waals surface area (Å²) in [5.74, 6) is 0.528. The van der Waals surface area contributed by atoms with E-state index in [-0.39, 0.29) is 6.04 Å². The lowest BCUT2D eigenvalue weighted by atomic mass is 10.1. The van der Waals surface area contributed by atoms with Gasteiger partial charge in [0.05, 0.1) is 12.2 Å². The number of ether oxygens (including phenoxy) is 1. The summed E-state index contributed by atoms with van der Waals surface area (Å²) >= 11 is 1.36. The van der Waals surface area contributed by atoms with Crippen molar-refractivity contribution in [2.24, 2.45) is 0 Å². The van der Waals surface area contributed by atoms with Crippen molar-refractivity contribution < 1.29 is 4.74 Å². The van der Waals surface area contributed by atoms with Gasteiger partial charge in [-0.2, -0.15) is 4.37 Å². The van der Waals surface area contributed by atoms with Crippen molar-refractivity contribution in [3.8, 4) is 11.1 Å². The molecule has 2 aromatic rings. The molecule has 0 spiro atoms. The lowest BCUT2D eigenvalue weighted by molar-refractivity contribution is 0.190. The van der Waals surface area contributed by atoms with E-state index >= 15 is 0 Å². The van der Waals surface area contributed by atoms with Gasteiger partial charge in [0.1, 0.15) is 10.8 Å². The number of nitrogen functional groups attached to an aromatic ring is 1. The maximum absolute atomic E-state index is 5.92. The second-order valence-corrected chi connectivity index (χ2v) is 4.79. The lowest BCUT2D eigenvalue weighted by Gasteiger charge is -2.13. The van der Waals surface area contributed by atoms with Crippen molar-refractivity contribution in [3.63, 3.8) is 0 Å². The zero-order valence-electron chi connectivity index (χ0n) is 10.4. The normalized spacial score (nSPS) is 12.3. The summed E-state index contributed by atoms with van der Waals surface area (Å²) in [5.41, 5.74) is 7.80. The zero-order chi connectivity index (χ0) is 13.0. The molecule has 1 unspecified atom stereocenters. The van der Waals surface area contributed by atoms with E-state index in [1.54, 1.807) is 19.5 Å². The van der Waals surface area contributed by atoms with E-state index in [1.165, 1.54) is 11.5 Å². The molecule has 5 nitrogen and oxygen atoms in total. The summed E-state index contributed by atoms with van der Waals surface area (Å²) in [7, 11) is 1.68. The number of nitrogens with one attached hydrogen (secondary N) is 1. The molecule has 18 heavy (non-hydrogen) atoms. The van der Waals surface area contributed by atoms with Crippen LogP contribution in [0.2, 0.25) is 0 Å². The number of nitrogens with zero attached hydrogens (tertiary/aromatic N) is 2. The van der Waals surface area contributed by atoms with Gasteiger partial charge in [-0.05, 0) is 24.5 Å². The van der Waals surface area contributed by atoms with E-state index in [1.807, 2.05) is 19.1 Å². The number of hydrogen-bond donors (Lipinski definition) is 2. The highest BCUT2D eigenvalue weighted by atomic mass is 32.1. The number of aromatic nitrogens is 2. The molecule has 6 heteroatoms. The Hall–Kier alpha value is -1.66. The highest BCUT2D eigenvalue weighted by molar-refractivity contribution is 7.11. The molecule has 0 aliphatic rings. The first-order valence-electron chi connectivity index (χ1n) is 5.63. The van der Waals surface area contributed by atoms with Crippen LogP contribution in [0.1, 0.15) is 6.92 Å². The SMILES string of the molecule is COCC(C)Nc1snc(N)c1-c1cccnc1. The van der Waals surface area contributed by atoms with Gasteiger partial charge < -0.3 is 15.8 Å². The Balaban J connectivity index is 2.28. The van der Waals surface area contributed by atoms with Crippen LogP contribution in [0.25, 0.3) is 11.1 Å². The quantitative estimate of drug-likeness (QED) is 0.866. The topological polar surface area (TPSA) is 73.1 Å². The van der Waals surface area contributed by atoms with Crippen molar-refractivity contribution in [1.82, 2.24) is 9.36 Å². The maximum atomic E-state index is 5.92. The van der Waals surface area contributed by atoms with Crippen LogP contribution < -0.4 is 11.1 Å². The van der Waals surface area contributed by atoms with Crippen LogP contribution >= 0.6 is 11.5 Å². The third kappa shape index (κ3) is 2.77. The molecule has 2 heterocycles. The number of rotatable bonds is 5. The number of pyridine rings is 1. The lowest BCUT2D eigenvalue weighted by Crippen LogP contribution is -2.20. The fraction of sp³-hybridized carbons (Fsp3) is 0.333. The first kappa shape index (κ1) is 12.8. The first-order chi connectivity index (χ1) is 8.72. The fourth-order valence-corrected chi connectivity index (χ4v) is 2.55. The van der Waals surface area contributed by atoms with Gasteiger partial charge in [0.15, 0.2) is 0 Å². The molecule has 0 saturated heterocycles. The summed E-state index contributed by atoms with van der Waals surface area (Å²) in [4.78, 5) is 4.11. The number of methoxy groups -OCH3 is 1. The van der Waals surface area contributed by atoms with E-state index in [4.69, 9.17) is 10.5 Å². The Morgan fingerprint density at radius 2 is 2.39 bits per heavy atom. The molecule has 0 aliphatic heterocycles. The Bertz CT molecular complexity index is 500. The highest BCUT2D eigenvalue weighted by Gasteiger charge is 2.15. The van der Waals surface area contributed by atoms with Crippen molar-refractivity contribution >= 4 is 22.4 Å². The smallest absolute Gasteiger partial charge is 0.147 e. The molecule has 0 aliphatic carbocycles. The number of anilines is 2. The summed E-state index contributed by atoms with van der Waals surface area (Å²) < 4.78 is 9.30. The molecule has 0 saturated carbocycles. The zero-order valence-corrected chi connectivity index (χ0v) is 11.2. The van der Waals surface area contributed by atoms with Crippen LogP contribution in [-0.4, -0.2) is 29.1 Å². The van der Waals surface area contributed by atoms with E-state index < -0.39 is 0 Å². The van der Waals surface area contributed by atoms with Crippen molar-refractivity contribution in [2.75, 3.05) is 24.8 Å². The van der Waals surface area contributed by atoms with Crippen LogP contribution in [0.15, 0.2) is 24.5 Å². The summed E-state index contributed by atoms with van der Waals surface area (Å²) in [6.45, 7) is 2.68. The Morgan fingerprint density at radius 3 is 3.06 bits per heavy atom. The monoisotopic (exact) mass is 264 g/mol. The van der Waals surface area contributed by atoms with E-state index in [0.29, 0.717) is 12.4 Å². The van der Waals surface area contributed by atoms with Gasteiger partial charge in [0.25, 0.3) is 0 Å². The molecule has 2 aromatic heterocycles. The average Bonchev–Trinajstić information content (AvgIpc) is 2.72. The standard InChI is InChI=1S/C12H16N4OS/c1-8(7-17-2)15-12-10(11(13)16-18-12)9-4-3-5-14-6-9/h3-6,8,15H,7H2,1-2H3,(H2,13,16). The van der Waals surface area contributed by atoms with Gasteiger partial charge in [-0.15, -0.1) is 0 Å². The van der Waals surface area contributed by atoms with E-state index in [0.717, 1.165) is 16.1 Å². The minimum absolute atomic E-state index is 0.199. The molecule has 0 bridgehead atoms. The first-order valence-corrected chi connectivity index (χ1v) is 6.40. The molecule has 1 atom stereocenters.